The molecule has 0 bridgehead atoms. The molecule has 0 aromatic heterocycles. The molecule has 2 rings (SSSR count). The summed E-state index contributed by atoms with van der Waals surface area (Å²) in [6, 6.07) is 15.4. The molecule has 2 aromatic rings. The van der Waals surface area contributed by atoms with E-state index in [1.165, 1.54) is 6.08 Å². The predicted octanol–water partition coefficient (Wildman–Crippen LogP) is 5.12. The molecule has 0 saturated carbocycles. The molecule has 23 heavy (non-hydrogen) atoms. The summed E-state index contributed by atoms with van der Waals surface area (Å²) in [6.45, 7) is 2.82. The van der Waals surface area contributed by atoms with Gasteiger partial charge in [0.2, 0.25) is 5.91 Å². The molecule has 0 spiro atoms. The Morgan fingerprint density at radius 3 is 2.65 bits per heavy atom. The van der Waals surface area contributed by atoms with Crippen LogP contribution in [0.4, 0.5) is 5.69 Å². The van der Waals surface area contributed by atoms with Crippen LogP contribution in [-0.4, -0.2) is 12.5 Å². The summed E-state index contributed by atoms with van der Waals surface area (Å²) in [4.78, 5) is 12.0. The van der Waals surface area contributed by atoms with Crippen LogP contribution in [0.1, 0.15) is 25.3 Å². The molecule has 0 saturated heterocycles. The maximum absolute atomic E-state index is 12.0. The van der Waals surface area contributed by atoms with Crippen molar-refractivity contribution in [2.75, 3.05) is 11.9 Å². The van der Waals surface area contributed by atoms with Gasteiger partial charge < -0.3 is 10.1 Å². The highest BCUT2D eigenvalue weighted by atomic mass is 127. The van der Waals surface area contributed by atoms with Gasteiger partial charge in [0, 0.05) is 20.9 Å². The topological polar surface area (TPSA) is 38.3 Å². The molecular weight excluding hydrogens is 401 g/mol. The third-order valence-electron chi connectivity index (χ3n) is 3.20. The van der Waals surface area contributed by atoms with Crippen LogP contribution in [-0.2, 0) is 4.79 Å². The van der Waals surface area contributed by atoms with E-state index >= 15 is 0 Å². The predicted molar refractivity (Wildman–Crippen MR) is 104 cm³/mol. The monoisotopic (exact) mass is 421 g/mol. The molecule has 120 valence electrons. The molecule has 0 fully saturated rings. The number of para-hydroxylation sites is 1. The molecule has 0 radical (unpaired) electrons. The van der Waals surface area contributed by atoms with Gasteiger partial charge in [0.15, 0.2) is 0 Å². The minimum Gasteiger partial charge on any atom is -0.493 e. The highest BCUT2D eigenvalue weighted by molar-refractivity contribution is 14.1. The van der Waals surface area contributed by atoms with Gasteiger partial charge in [-0.25, -0.2) is 0 Å². The Hall–Kier alpha value is -1.82. The first-order valence-electron chi connectivity index (χ1n) is 7.65. The lowest BCUT2D eigenvalue weighted by atomic mass is 10.2. The van der Waals surface area contributed by atoms with E-state index in [9.17, 15) is 4.79 Å². The van der Waals surface area contributed by atoms with E-state index in [0.29, 0.717) is 6.61 Å². The van der Waals surface area contributed by atoms with Crippen molar-refractivity contribution in [3.63, 3.8) is 0 Å². The largest absolute Gasteiger partial charge is 0.493 e. The van der Waals surface area contributed by atoms with Crippen molar-refractivity contribution in [1.82, 2.24) is 0 Å². The summed E-state index contributed by atoms with van der Waals surface area (Å²) in [5.74, 6) is 0.647. The summed E-state index contributed by atoms with van der Waals surface area (Å²) >= 11 is 2.23. The Bertz CT molecular complexity index is 665. The van der Waals surface area contributed by atoms with Crippen molar-refractivity contribution in [2.24, 2.45) is 0 Å². The molecule has 0 heterocycles. The summed E-state index contributed by atoms with van der Waals surface area (Å²) in [5, 5.41) is 2.84. The number of unbranched alkanes of at least 4 members (excludes halogenated alkanes) is 1. The normalized spacial score (nSPS) is 10.7. The van der Waals surface area contributed by atoms with E-state index < -0.39 is 0 Å². The van der Waals surface area contributed by atoms with Crippen molar-refractivity contribution in [3.8, 4) is 5.75 Å². The summed E-state index contributed by atoms with van der Waals surface area (Å²) in [6.07, 6.45) is 5.42. The van der Waals surface area contributed by atoms with E-state index in [-0.39, 0.29) is 5.91 Å². The highest BCUT2D eigenvalue weighted by Gasteiger charge is 2.01. The van der Waals surface area contributed by atoms with Crippen LogP contribution in [0.15, 0.2) is 54.6 Å². The van der Waals surface area contributed by atoms with Gasteiger partial charge in [0.05, 0.1) is 6.61 Å². The molecule has 1 amide bonds. The van der Waals surface area contributed by atoms with Gasteiger partial charge >= 0.3 is 0 Å². The lowest BCUT2D eigenvalue weighted by molar-refractivity contribution is -0.111. The van der Waals surface area contributed by atoms with Gasteiger partial charge in [-0.2, -0.15) is 0 Å². The van der Waals surface area contributed by atoms with Gasteiger partial charge in [-0.1, -0.05) is 31.5 Å². The molecule has 3 nitrogen and oxygen atoms in total. The van der Waals surface area contributed by atoms with E-state index in [1.807, 2.05) is 48.5 Å². The minimum absolute atomic E-state index is 0.158. The molecule has 0 aliphatic rings. The number of rotatable bonds is 7. The lowest BCUT2D eigenvalue weighted by Crippen LogP contribution is -2.07. The van der Waals surface area contributed by atoms with Gasteiger partial charge in [-0.3, -0.25) is 4.79 Å². The summed E-state index contributed by atoms with van der Waals surface area (Å²) in [7, 11) is 0. The fourth-order valence-corrected chi connectivity index (χ4v) is 2.32. The van der Waals surface area contributed by atoms with Crippen LogP contribution in [0.25, 0.3) is 6.08 Å². The minimum atomic E-state index is -0.158. The van der Waals surface area contributed by atoms with Crippen LogP contribution in [0.5, 0.6) is 5.75 Å². The number of benzene rings is 2. The zero-order valence-electron chi connectivity index (χ0n) is 13.1. The van der Waals surface area contributed by atoms with Gasteiger partial charge in [-0.05, 0) is 65.4 Å². The third-order valence-corrected chi connectivity index (χ3v) is 3.92. The first-order chi connectivity index (χ1) is 11.2. The molecule has 4 heteroatoms. The molecule has 1 N–H and O–H groups in total. The van der Waals surface area contributed by atoms with Crippen molar-refractivity contribution in [2.45, 2.75) is 19.8 Å². The van der Waals surface area contributed by atoms with Crippen LogP contribution in [0.3, 0.4) is 0 Å². The van der Waals surface area contributed by atoms with E-state index in [2.05, 4.69) is 34.8 Å². The Labute approximate surface area is 150 Å². The van der Waals surface area contributed by atoms with Gasteiger partial charge in [0.25, 0.3) is 0 Å². The number of anilines is 1. The fraction of sp³-hybridized carbons (Fsp3) is 0.211. The zero-order chi connectivity index (χ0) is 16.5. The summed E-state index contributed by atoms with van der Waals surface area (Å²) < 4.78 is 6.89. The van der Waals surface area contributed by atoms with Crippen LogP contribution >= 0.6 is 22.6 Å². The first-order valence-corrected chi connectivity index (χ1v) is 8.73. The van der Waals surface area contributed by atoms with Crippen molar-refractivity contribution in [3.05, 3.63) is 63.7 Å². The number of ether oxygens (including phenoxy) is 1. The van der Waals surface area contributed by atoms with Crippen molar-refractivity contribution < 1.29 is 9.53 Å². The highest BCUT2D eigenvalue weighted by Crippen LogP contribution is 2.20. The second-order valence-corrected chi connectivity index (χ2v) is 6.31. The standard InChI is InChI=1S/C19H20INO2/c1-2-3-14-23-18-7-5-4-6-15(18)8-13-19(22)21-17-11-9-16(20)10-12-17/h4-13H,2-3,14H2,1H3,(H,21,22). The number of carbonyl (C=O) groups is 1. The Kier molecular flexibility index (Phi) is 7.13. The molecule has 2 aromatic carbocycles. The number of amides is 1. The first kappa shape index (κ1) is 17.5. The Morgan fingerprint density at radius 1 is 1.17 bits per heavy atom. The maximum Gasteiger partial charge on any atom is 0.248 e. The molecule has 0 aliphatic heterocycles. The molecule has 0 unspecified atom stereocenters. The van der Waals surface area contributed by atoms with Gasteiger partial charge in [0.1, 0.15) is 5.75 Å². The SMILES string of the molecule is CCCCOc1ccccc1C=CC(=O)Nc1ccc(I)cc1. The van der Waals surface area contributed by atoms with Gasteiger partial charge in [-0.15, -0.1) is 0 Å². The Morgan fingerprint density at radius 2 is 1.91 bits per heavy atom. The number of carbonyl (C=O) groups excluding carboxylic acids is 1. The fourth-order valence-electron chi connectivity index (χ4n) is 1.96. The number of hydrogen-bond acceptors (Lipinski definition) is 2. The second kappa shape index (κ2) is 9.35. The zero-order valence-corrected chi connectivity index (χ0v) is 15.2. The maximum atomic E-state index is 12.0. The molecule has 0 aliphatic carbocycles. The number of halogens is 1. The second-order valence-electron chi connectivity index (χ2n) is 5.07. The Balaban J connectivity index is 1.98. The van der Waals surface area contributed by atoms with Crippen molar-refractivity contribution >= 4 is 40.3 Å². The molecule has 0 atom stereocenters. The van der Waals surface area contributed by atoms with Crippen LogP contribution in [0.2, 0.25) is 0 Å². The number of nitrogens with one attached hydrogen (secondary N) is 1. The molecular formula is C19H20INO2. The van der Waals surface area contributed by atoms with E-state index in [1.54, 1.807) is 6.08 Å². The van der Waals surface area contributed by atoms with Crippen LogP contribution < -0.4 is 10.1 Å². The van der Waals surface area contributed by atoms with E-state index in [4.69, 9.17) is 4.74 Å². The average molecular weight is 421 g/mol. The average Bonchev–Trinajstić information content (AvgIpc) is 2.56. The summed E-state index contributed by atoms with van der Waals surface area (Å²) in [5.41, 5.74) is 1.69. The van der Waals surface area contributed by atoms with Crippen LogP contribution in [0, 0.1) is 3.57 Å². The number of hydrogen-bond donors (Lipinski definition) is 1. The third kappa shape index (κ3) is 6.06. The quantitative estimate of drug-likeness (QED) is 0.383. The smallest absolute Gasteiger partial charge is 0.248 e. The lowest BCUT2D eigenvalue weighted by Gasteiger charge is -2.08. The van der Waals surface area contributed by atoms with E-state index in [0.717, 1.165) is 33.4 Å². The van der Waals surface area contributed by atoms with Crippen molar-refractivity contribution in [1.29, 1.82) is 0 Å².